The van der Waals surface area contributed by atoms with Crippen LogP contribution in [0.3, 0.4) is 0 Å². The Bertz CT molecular complexity index is 862. The maximum Gasteiger partial charge on any atom is 0.0482 e. The zero-order chi connectivity index (χ0) is 21.8. The number of rotatable bonds is 7. The molecule has 1 N–H and O–H groups in total. The number of hydrogen-bond donors (Lipinski definition) is 1. The maximum absolute atomic E-state index is 4.50. The summed E-state index contributed by atoms with van der Waals surface area (Å²) in [5.41, 5.74) is 9.07. The van der Waals surface area contributed by atoms with Crippen molar-refractivity contribution in [2.24, 2.45) is 5.92 Å². The van der Waals surface area contributed by atoms with E-state index in [0.717, 1.165) is 12.0 Å². The average molecular weight is 390 g/mol. The van der Waals surface area contributed by atoms with Crippen LogP contribution in [0, 0.1) is 12.8 Å². The minimum absolute atomic E-state index is 0.181. The zero-order valence-corrected chi connectivity index (χ0v) is 19.7. The van der Waals surface area contributed by atoms with Gasteiger partial charge in [-0.2, -0.15) is 0 Å². The van der Waals surface area contributed by atoms with Crippen LogP contribution in [0.5, 0.6) is 0 Å². The van der Waals surface area contributed by atoms with Crippen LogP contribution in [0.4, 0.5) is 0 Å². The fourth-order valence-corrected chi connectivity index (χ4v) is 3.91. The molecule has 0 radical (unpaired) electrons. The van der Waals surface area contributed by atoms with E-state index in [9.17, 15) is 0 Å². The lowest BCUT2D eigenvalue weighted by Gasteiger charge is -2.26. The van der Waals surface area contributed by atoms with E-state index in [4.69, 9.17) is 0 Å². The first-order valence-corrected chi connectivity index (χ1v) is 10.9. The van der Waals surface area contributed by atoms with Gasteiger partial charge < -0.3 is 5.32 Å². The molecule has 0 fully saturated rings. The van der Waals surface area contributed by atoms with Crippen LogP contribution in [0.15, 0.2) is 66.4 Å². The monoisotopic (exact) mass is 389 g/mol. The molecule has 2 unspecified atom stereocenters. The first-order chi connectivity index (χ1) is 13.6. The maximum atomic E-state index is 4.50. The highest BCUT2D eigenvalue weighted by Crippen LogP contribution is 2.33. The Morgan fingerprint density at radius 2 is 1.59 bits per heavy atom. The summed E-state index contributed by atoms with van der Waals surface area (Å²) in [6, 6.07) is 17.8. The molecule has 1 heteroatoms. The van der Waals surface area contributed by atoms with Gasteiger partial charge in [-0.3, -0.25) is 0 Å². The van der Waals surface area contributed by atoms with Crippen molar-refractivity contribution < 1.29 is 0 Å². The molecule has 1 nitrogen and oxygen atoms in total. The largest absolute Gasteiger partial charge is 0.382 e. The van der Waals surface area contributed by atoms with E-state index < -0.39 is 0 Å². The number of allylic oxidation sites excluding steroid dienone is 3. The summed E-state index contributed by atoms with van der Waals surface area (Å²) < 4.78 is 0. The molecular formula is C28H39N. The second kappa shape index (κ2) is 9.48. The van der Waals surface area contributed by atoms with Gasteiger partial charge in [-0.15, -0.1) is 0 Å². The molecule has 0 aliphatic carbocycles. The van der Waals surface area contributed by atoms with Gasteiger partial charge in [0.25, 0.3) is 0 Å². The lowest BCUT2D eigenvalue weighted by Crippen LogP contribution is -2.20. The molecule has 0 spiro atoms. The van der Waals surface area contributed by atoms with Gasteiger partial charge in [-0.25, -0.2) is 0 Å². The highest BCUT2D eigenvalue weighted by Gasteiger charge is 2.19. The van der Waals surface area contributed by atoms with E-state index in [1.807, 2.05) is 0 Å². The zero-order valence-electron chi connectivity index (χ0n) is 19.7. The Kier molecular flexibility index (Phi) is 7.52. The van der Waals surface area contributed by atoms with Crippen molar-refractivity contribution in [3.8, 4) is 0 Å². The summed E-state index contributed by atoms with van der Waals surface area (Å²) in [4.78, 5) is 0. The molecule has 0 aromatic heterocycles. The first-order valence-electron chi connectivity index (χ1n) is 10.9. The quantitative estimate of drug-likeness (QED) is 0.473. The fraction of sp³-hybridized carbons (Fsp3) is 0.429. The summed E-state index contributed by atoms with van der Waals surface area (Å²) >= 11 is 0. The van der Waals surface area contributed by atoms with Crippen molar-refractivity contribution in [3.05, 3.63) is 88.6 Å². The third-order valence-corrected chi connectivity index (χ3v) is 6.01. The van der Waals surface area contributed by atoms with Gasteiger partial charge in [0.05, 0.1) is 0 Å². The van der Waals surface area contributed by atoms with Crippen molar-refractivity contribution in [3.63, 3.8) is 0 Å². The summed E-state index contributed by atoms with van der Waals surface area (Å²) in [5, 5.41) is 3.76. The molecule has 0 bridgehead atoms. The molecule has 0 saturated heterocycles. The lowest BCUT2D eigenvalue weighted by atomic mass is 9.85. The Labute approximate surface area is 178 Å². The Morgan fingerprint density at radius 3 is 2.10 bits per heavy atom. The number of aryl methyl sites for hydroxylation is 1. The number of nitrogens with one attached hydrogen (secondary N) is 1. The van der Waals surface area contributed by atoms with E-state index in [0.29, 0.717) is 5.92 Å². The first kappa shape index (κ1) is 23.0. The van der Waals surface area contributed by atoms with E-state index in [1.165, 1.54) is 33.5 Å². The van der Waals surface area contributed by atoms with Crippen LogP contribution in [0.25, 0.3) is 5.57 Å². The second-order valence-electron chi connectivity index (χ2n) is 9.38. The molecule has 0 aliphatic heterocycles. The van der Waals surface area contributed by atoms with E-state index in [2.05, 4.69) is 116 Å². The molecule has 0 heterocycles. The van der Waals surface area contributed by atoms with Crippen molar-refractivity contribution in [2.75, 3.05) is 0 Å². The molecule has 2 atom stereocenters. The standard InChI is InChI=1S/C28H39N/c1-10-19(2)27(21(4)26-14-12-11-13-20(26)3)23(6)29-22(5)24-15-17-25(18-16-24)28(7,8)9/h11-19,22,29H,4,10H2,1-3,5-9H3/b27-23-. The Balaban J connectivity index is 2.33. The highest BCUT2D eigenvalue weighted by atomic mass is 14.9. The third-order valence-electron chi connectivity index (χ3n) is 6.01. The summed E-state index contributed by atoms with van der Waals surface area (Å²) in [6.07, 6.45) is 1.09. The van der Waals surface area contributed by atoms with E-state index >= 15 is 0 Å². The van der Waals surface area contributed by atoms with Gasteiger partial charge in [0.2, 0.25) is 0 Å². The molecular weight excluding hydrogens is 350 g/mol. The van der Waals surface area contributed by atoms with Crippen LogP contribution in [0.2, 0.25) is 0 Å². The van der Waals surface area contributed by atoms with Crippen molar-refractivity contribution in [1.29, 1.82) is 0 Å². The van der Waals surface area contributed by atoms with Crippen molar-refractivity contribution >= 4 is 5.57 Å². The van der Waals surface area contributed by atoms with Gasteiger partial charge >= 0.3 is 0 Å². The van der Waals surface area contributed by atoms with E-state index in [1.54, 1.807) is 0 Å². The lowest BCUT2D eigenvalue weighted by molar-refractivity contribution is 0.587. The molecule has 2 rings (SSSR count). The topological polar surface area (TPSA) is 12.0 Å². The van der Waals surface area contributed by atoms with Gasteiger partial charge in [0.1, 0.15) is 0 Å². The van der Waals surface area contributed by atoms with Crippen LogP contribution >= 0.6 is 0 Å². The summed E-state index contributed by atoms with van der Waals surface area (Å²) in [7, 11) is 0. The number of benzene rings is 2. The van der Waals surface area contributed by atoms with Crippen LogP contribution in [0.1, 0.15) is 83.2 Å². The third kappa shape index (κ3) is 5.63. The minimum atomic E-state index is 0.181. The molecule has 156 valence electrons. The number of hydrogen-bond acceptors (Lipinski definition) is 1. The van der Waals surface area contributed by atoms with E-state index in [-0.39, 0.29) is 11.5 Å². The smallest absolute Gasteiger partial charge is 0.0482 e. The van der Waals surface area contributed by atoms with Gasteiger partial charge in [-0.1, -0.05) is 89.7 Å². The minimum Gasteiger partial charge on any atom is -0.382 e. The molecule has 2 aromatic rings. The fourth-order valence-electron chi connectivity index (χ4n) is 3.91. The van der Waals surface area contributed by atoms with Crippen LogP contribution < -0.4 is 5.32 Å². The molecule has 2 aromatic carbocycles. The second-order valence-corrected chi connectivity index (χ2v) is 9.38. The molecule has 0 amide bonds. The molecule has 29 heavy (non-hydrogen) atoms. The summed E-state index contributed by atoms with van der Waals surface area (Å²) in [5.74, 6) is 0.449. The normalized spacial score (nSPS) is 14.8. The average Bonchev–Trinajstić information content (AvgIpc) is 2.67. The predicted octanol–water partition coefficient (Wildman–Crippen LogP) is 7.98. The van der Waals surface area contributed by atoms with Gasteiger partial charge in [0.15, 0.2) is 0 Å². The Hall–Kier alpha value is -2.28. The van der Waals surface area contributed by atoms with Crippen molar-refractivity contribution in [2.45, 2.75) is 73.3 Å². The van der Waals surface area contributed by atoms with Gasteiger partial charge in [-0.05, 0) is 71.9 Å². The van der Waals surface area contributed by atoms with Gasteiger partial charge in [0, 0.05) is 11.7 Å². The SMILES string of the molecule is C=C(/C(=C(/C)NC(C)c1ccc(C(C)(C)C)cc1)C(C)CC)c1ccccc1C. The van der Waals surface area contributed by atoms with Crippen LogP contribution in [-0.4, -0.2) is 0 Å². The molecule has 0 saturated carbocycles. The van der Waals surface area contributed by atoms with Crippen LogP contribution in [-0.2, 0) is 5.41 Å². The summed E-state index contributed by atoms with van der Waals surface area (Å²) in [6.45, 7) is 22.4. The molecule has 0 aliphatic rings. The van der Waals surface area contributed by atoms with Crippen molar-refractivity contribution in [1.82, 2.24) is 5.32 Å². The Morgan fingerprint density at radius 1 is 1.00 bits per heavy atom. The highest BCUT2D eigenvalue weighted by molar-refractivity contribution is 5.80. The predicted molar refractivity (Wildman–Crippen MR) is 129 cm³/mol.